The van der Waals surface area contributed by atoms with Crippen LogP contribution in [0, 0.1) is 0 Å². The quantitative estimate of drug-likeness (QED) is 0.102. The maximum Gasteiger partial charge on any atom is 0.343 e. The highest BCUT2D eigenvalue weighted by Crippen LogP contribution is 2.33. The molecule has 0 amide bonds. The van der Waals surface area contributed by atoms with Crippen molar-refractivity contribution >= 4 is 17.9 Å². The summed E-state index contributed by atoms with van der Waals surface area (Å²) in [5, 5.41) is 0. The molecule has 10 nitrogen and oxygen atoms in total. The molecule has 0 bridgehead atoms. The number of carbonyl (C=O) groups excluding carboxylic acids is 3. The molecule has 0 unspecified atom stereocenters. The van der Waals surface area contributed by atoms with E-state index in [1.165, 1.54) is 36.4 Å². The summed E-state index contributed by atoms with van der Waals surface area (Å²) in [5.74, 6) is -1.28. The van der Waals surface area contributed by atoms with Crippen LogP contribution in [0.3, 0.4) is 0 Å². The Hall–Kier alpha value is -5.39. The van der Waals surface area contributed by atoms with Gasteiger partial charge >= 0.3 is 17.9 Å². The van der Waals surface area contributed by atoms with Gasteiger partial charge in [0.25, 0.3) is 6.43 Å². The highest BCUT2D eigenvalue weighted by Gasteiger charge is 2.18. The Kier molecular flexibility index (Phi) is 11.2. The molecule has 0 saturated carbocycles. The molecule has 3 aromatic carbocycles. The van der Waals surface area contributed by atoms with Crippen LogP contribution in [0.25, 0.3) is 0 Å². The third-order valence-electron chi connectivity index (χ3n) is 4.97. The van der Waals surface area contributed by atoms with Crippen LogP contribution in [0.5, 0.6) is 28.7 Å². The first-order valence-electron chi connectivity index (χ1n) is 11.7. The zero-order valence-electron chi connectivity index (χ0n) is 21.5. The van der Waals surface area contributed by atoms with Crippen LogP contribution >= 0.6 is 0 Å². The number of alkyl halides is 2. The minimum atomic E-state index is -2.93. The fourth-order valence-electron chi connectivity index (χ4n) is 2.97. The van der Waals surface area contributed by atoms with E-state index in [0.29, 0.717) is 17.2 Å². The van der Waals surface area contributed by atoms with Crippen molar-refractivity contribution in [1.29, 1.82) is 0 Å². The molecule has 3 aromatic rings. The minimum Gasteiger partial charge on any atom is -0.457 e. The molecular weight excluding hydrogens is 546 g/mol. The van der Waals surface area contributed by atoms with Crippen LogP contribution in [0.4, 0.5) is 8.78 Å². The summed E-state index contributed by atoms with van der Waals surface area (Å²) in [6, 6.07) is 15.4. The van der Waals surface area contributed by atoms with Crippen molar-refractivity contribution in [1.82, 2.24) is 0 Å². The molecule has 0 saturated heterocycles. The number of rotatable bonds is 15. The predicted octanol–water partition coefficient (Wildman–Crippen LogP) is 5.39. The highest BCUT2D eigenvalue weighted by atomic mass is 19.3. The predicted molar refractivity (Wildman–Crippen MR) is 139 cm³/mol. The molecule has 0 spiro atoms. The van der Waals surface area contributed by atoms with Gasteiger partial charge in [-0.25, -0.2) is 23.2 Å². The third-order valence-corrected chi connectivity index (χ3v) is 4.97. The number of halogens is 2. The van der Waals surface area contributed by atoms with Gasteiger partial charge in [-0.05, 0) is 66.7 Å². The second-order valence-electron chi connectivity index (χ2n) is 7.65. The molecule has 0 fully saturated rings. The maximum absolute atomic E-state index is 13.7. The van der Waals surface area contributed by atoms with Gasteiger partial charge in [-0.15, -0.1) is 0 Å². The molecule has 0 N–H and O–H groups in total. The Labute approximate surface area is 233 Å². The number of benzene rings is 3. The van der Waals surface area contributed by atoms with Gasteiger partial charge in [0.2, 0.25) is 20.4 Å². The summed E-state index contributed by atoms with van der Waals surface area (Å²) in [6.45, 7) is 5.50. The van der Waals surface area contributed by atoms with Gasteiger partial charge in [-0.3, -0.25) is 0 Å². The largest absolute Gasteiger partial charge is 0.457 e. The van der Waals surface area contributed by atoms with E-state index < -0.39 is 36.7 Å². The monoisotopic (exact) mass is 570 g/mol. The Morgan fingerprint density at radius 2 is 1.12 bits per heavy atom. The van der Waals surface area contributed by atoms with Gasteiger partial charge in [0.15, 0.2) is 0 Å². The van der Waals surface area contributed by atoms with E-state index in [2.05, 4.69) is 13.2 Å². The maximum atomic E-state index is 13.7. The lowest BCUT2D eigenvalue weighted by molar-refractivity contribution is -0.145. The molecule has 0 radical (unpaired) electrons. The lowest BCUT2D eigenvalue weighted by atomic mass is 10.2. The Morgan fingerprint density at radius 3 is 1.61 bits per heavy atom. The van der Waals surface area contributed by atoms with Crippen molar-refractivity contribution < 1.29 is 56.3 Å². The van der Waals surface area contributed by atoms with Crippen LogP contribution in [-0.2, 0) is 19.1 Å². The van der Waals surface area contributed by atoms with Gasteiger partial charge in [0.05, 0.1) is 11.1 Å². The van der Waals surface area contributed by atoms with Gasteiger partial charge in [0, 0.05) is 12.2 Å². The van der Waals surface area contributed by atoms with E-state index >= 15 is 0 Å². The molecule has 3 rings (SSSR count). The van der Waals surface area contributed by atoms with Crippen LogP contribution < -0.4 is 23.7 Å². The van der Waals surface area contributed by atoms with Crippen molar-refractivity contribution in [3.63, 3.8) is 0 Å². The molecule has 0 aliphatic rings. The zero-order valence-corrected chi connectivity index (χ0v) is 21.5. The number of esters is 3. The standard InChI is InChI=1S/C29H24F2O10/c1-3-26(32)39-17-36-20-7-5-19(6-8-20)29(34)41-23-13-14-25(24(15-23)28(30)31)38-16-35-21-9-11-22(12-10-21)37-18-40-27(33)4-2/h3-15,28H,1-2,16-18H2. The SMILES string of the molecule is C=CC(=O)OCOc1ccc(OCOc2ccc(OC(=O)c3ccc(OCOC(=O)C=C)cc3)cc2C(F)F)cc1. The second-order valence-corrected chi connectivity index (χ2v) is 7.65. The number of carbonyl (C=O) groups is 3. The average molecular weight is 570 g/mol. The fraction of sp³-hybridized carbons (Fsp3) is 0.138. The normalized spacial score (nSPS) is 10.2. The van der Waals surface area contributed by atoms with Crippen molar-refractivity contribution in [2.45, 2.75) is 6.43 Å². The van der Waals surface area contributed by atoms with Crippen LogP contribution in [0.1, 0.15) is 22.3 Å². The molecule has 214 valence electrons. The third kappa shape index (κ3) is 9.70. The van der Waals surface area contributed by atoms with E-state index in [9.17, 15) is 23.2 Å². The summed E-state index contributed by atoms with van der Waals surface area (Å²) in [6.07, 6.45) is -0.934. The summed E-state index contributed by atoms with van der Waals surface area (Å²) >= 11 is 0. The minimum absolute atomic E-state index is 0.121. The lowest BCUT2D eigenvalue weighted by Gasteiger charge is -2.14. The molecule has 0 heterocycles. The average Bonchev–Trinajstić information content (AvgIpc) is 2.98. The lowest BCUT2D eigenvalue weighted by Crippen LogP contribution is -2.10. The van der Waals surface area contributed by atoms with Crippen molar-refractivity contribution in [2.24, 2.45) is 0 Å². The molecule has 12 heteroatoms. The van der Waals surface area contributed by atoms with Gasteiger partial charge in [0.1, 0.15) is 28.7 Å². The Balaban J connectivity index is 1.52. The smallest absolute Gasteiger partial charge is 0.343 e. The zero-order chi connectivity index (χ0) is 29.6. The number of hydrogen-bond acceptors (Lipinski definition) is 10. The first-order chi connectivity index (χ1) is 19.8. The van der Waals surface area contributed by atoms with E-state index in [1.807, 2.05) is 0 Å². The highest BCUT2D eigenvalue weighted by molar-refractivity contribution is 5.91. The molecule has 41 heavy (non-hydrogen) atoms. The van der Waals surface area contributed by atoms with Gasteiger partial charge in [-0.1, -0.05) is 13.2 Å². The number of ether oxygens (including phenoxy) is 7. The first kappa shape index (κ1) is 30.2. The first-order valence-corrected chi connectivity index (χ1v) is 11.7. The van der Waals surface area contributed by atoms with Crippen LogP contribution in [-0.4, -0.2) is 38.3 Å². The Morgan fingerprint density at radius 1 is 0.659 bits per heavy atom. The Bertz CT molecular complexity index is 1360. The van der Waals surface area contributed by atoms with Crippen LogP contribution in [0.2, 0.25) is 0 Å². The van der Waals surface area contributed by atoms with E-state index in [-0.39, 0.29) is 30.6 Å². The van der Waals surface area contributed by atoms with Gasteiger partial charge < -0.3 is 33.2 Å². The van der Waals surface area contributed by atoms with Crippen molar-refractivity contribution in [3.05, 3.63) is 103 Å². The molecule has 0 aromatic heterocycles. The number of hydrogen-bond donors (Lipinski definition) is 0. The molecule has 0 aliphatic heterocycles. The summed E-state index contributed by atoms with van der Waals surface area (Å²) in [4.78, 5) is 34.5. The topological polar surface area (TPSA) is 116 Å². The van der Waals surface area contributed by atoms with Gasteiger partial charge in [-0.2, -0.15) is 0 Å². The summed E-state index contributed by atoms with van der Waals surface area (Å²) in [7, 11) is 0. The van der Waals surface area contributed by atoms with E-state index in [1.54, 1.807) is 24.3 Å². The van der Waals surface area contributed by atoms with Crippen LogP contribution in [0.15, 0.2) is 92.0 Å². The van der Waals surface area contributed by atoms with E-state index in [0.717, 1.165) is 18.2 Å². The van der Waals surface area contributed by atoms with Crippen molar-refractivity contribution in [3.8, 4) is 28.7 Å². The van der Waals surface area contributed by atoms with Crippen molar-refractivity contribution in [2.75, 3.05) is 20.4 Å². The molecular formula is C29H24F2O10. The second kappa shape index (κ2) is 15.3. The fourth-order valence-corrected chi connectivity index (χ4v) is 2.97. The summed E-state index contributed by atoms with van der Waals surface area (Å²) in [5.41, 5.74) is -0.378. The molecule has 0 aliphatic carbocycles. The van der Waals surface area contributed by atoms with E-state index in [4.69, 9.17) is 33.2 Å². The molecule has 0 atom stereocenters. The summed E-state index contributed by atoms with van der Waals surface area (Å²) < 4.78 is 63.2.